The number of ether oxygens (including phenoxy) is 2. The Hall–Kier alpha value is -2.39. The van der Waals surface area contributed by atoms with Crippen LogP contribution >= 0.6 is 0 Å². The molecule has 4 rings (SSSR count). The lowest BCUT2D eigenvalue weighted by atomic mass is 9.97. The van der Waals surface area contributed by atoms with Gasteiger partial charge in [-0.3, -0.25) is 0 Å². The van der Waals surface area contributed by atoms with E-state index in [1.54, 1.807) is 0 Å². The van der Waals surface area contributed by atoms with Crippen LogP contribution in [-0.4, -0.2) is 18.9 Å². The van der Waals surface area contributed by atoms with Crippen molar-refractivity contribution in [3.05, 3.63) is 60.2 Å². The minimum absolute atomic E-state index is 0.301. The molecular formula is C20H18O3. The molecule has 0 aliphatic carbocycles. The number of carbonyl (C=O) groups excluding carboxylic acids is 1. The number of benzene rings is 3. The minimum atomic E-state index is -0.422. The first kappa shape index (κ1) is 14.2. The van der Waals surface area contributed by atoms with E-state index in [1.165, 1.54) is 0 Å². The van der Waals surface area contributed by atoms with E-state index in [9.17, 15) is 4.79 Å². The maximum absolute atomic E-state index is 12.8. The zero-order valence-electron chi connectivity index (χ0n) is 12.8. The molecule has 0 bridgehead atoms. The van der Waals surface area contributed by atoms with Crippen molar-refractivity contribution in [2.75, 3.05) is 6.61 Å². The summed E-state index contributed by atoms with van der Waals surface area (Å²) in [4.78, 5) is 12.8. The molecule has 0 amide bonds. The second-order valence-corrected chi connectivity index (χ2v) is 5.90. The van der Waals surface area contributed by atoms with Gasteiger partial charge in [-0.15, -0.1) is 0 Å². The van der Waals surface area contributed by atoms with Gasteiger partial charge >= 0.3 is 5.97 Å². The predicted octanol–water partition coefficient (Wildman–Crippen LogP) is 4.68. The normalized spacial score (nSPS) is 18.2. The molecule has 3 aromatic carbocycles. The SMILES string of the molecule is O=C(OC1CCCCO1)c1c2ccccc2cc2ccccc12. The van der Waals surface area contributed by atoms with Gasteiger partial charge in [0.2, 0.25) is 6.29 Å². The average Bonchev–Trinajstić information content (AvgIpc) is 2.60. The molecule has 1 atom stereocenters. The Labute approximate surface area is 134 Å². The Morgan fingerprint density at radius 2 is 1.61 bits per heavy atom. The summed E-state index contributed by atoms with van der Waals surface area (Å²) in [5.74, 6) is -0.301. The van der Waals surface area contributed by atoms with Gasteiger partial charge < -0.3 is 9.47 Å². The molecule has 0 spiro atoms. The van der Waals surface area contributed by atoms with Gasteiger partial charge in [-0.2, -0.15) is 0 Å². The van der Waals surface area contributed by atoms with Gasteiger partial charge in [0.25, 0.3) is 0 Å². The third kappa shape index (κ3) is 2.68. The van der Waals surface area contributed by atoms with E-state index in [0.717, 1.165) is 40.8 Å². The number of fused-ring (bicyclic) bond motifs is 2. The molecule has 1 heterocycles. The number of esters is 1. The summed E-state index contributed by atoms with van der Waals surface area (Å²) in [6.07, 6.45) is 2.42. The van der Waals surface area contributed by atoms with Crippen LogP contribution in [0.5, 0.6) is 0 Å². The molecule has 0 aromatic heterocycles. The summed E-state index contributed by atoms with van der Waals surface area (Å²) in [5, 5.41) is 3.93. The Kier molecular flexibility index (Phi) is 3.72. The van der Waals surface area contributed by atoms with Crippen molar-refractivity contribution in [2.24, 2.45) is 0 Å². The summed E-state index contributed by atoms with van der Waals surface area (Å²) in [5.41, 5.74) is 0.632. The Morgan fingerprint density at radius 1 is 0.957 bits per heavy atom. The largest absolute Gasteiger partial charge is 0.432 e. The van der Waals surface area contributed by atoms with Crippen molar-refractivity contribution >= 4 is 27.5 Å². The Morgan fingerprint density at radius 3 is 2.22 bits per heavy atom. The van der Waals surface area contributed by atoms with E-state index in [4.69, 9.17) is 9.47 Å². The van der Waals surface area contributed by atoms with Gasteiger partial charge in [0, 0.05) is 6.42 Å². The highest BCUT2D eigenvalue weighted by atomic mass is 16.7. The van der Waals surface area contributed by atoms with E-state index >= 15 is 0 Å². The molecule has 116 valence electrons. The predicted molar refractivity (Wildman–Crippen MR) is 90.5 cm³/mol. The molecule has 0 radical (unpaired) electrons. The van der Waals surface area contributed by atoms with Crippen molar-refractivity contribution in [2.45, 2.75) is 25.6 Å². The van der Waals surface area contributed by atoms with Crippen LogP contribution in [0.15, 0.2) is 54.6 Å². The third-order valence-corrected chi connectivity index (χ3v) is 4.35. The van der Waals surface area contributed by atoms with E-state index in [-0.39, 0.29) is 5.97 Å². The Bertz CT molecular complexity index is 809. The number of hydrogen-bond donors (Lipinski definition) is 0. The monoisotopic (exact) mass is 306 g/mol. The van der Waals surface area contributed by atoms with Gasteiger partial charge in [0.05, 0.1) is 12.2 Å². The summed E-state index contributed by atoms with van der Waals surface area (Å²) < 4.78 is 11.2. The lowest BCUT2D eigenvalue weighted by Crippen LogP contribution is -2.25. The Balaban J connectivity index is 1.83. The van der Waals surface area contributed by atoms with Crippen LogP contribution in [0.1, 0.15) is 29.6 Å². The molecule has 0 saturated carbocycles. The second kappa shape index (κ2) is 6.01. The fourth-order valence-corrected chi connectivity index (χ4v) is 3.22. The topological polar surface area (TPSA) is 35.5 Å². The zero-order chi connectivity index (χ0) is 15.6. The zero-order valence-corrected chi connectivity index (χ0v) is 12.8. The molecule has 3 aromatic rings. The van der Waals surface area contributed by atoms with Crippen molar-refractivity contribution in [1.82, 2.24) is 0 Å². The van der Waals surface area contributed by atoms with Gasteiger partial charge in [-0.1, -0.05) is 48.5 Å². The first-order valence-corrected chi connectivity index (χ1v) is 8.06. The van der Waals surface area contributed by atoms with Gasteiger partial charge in [0.1, 0.15) is 0 Å². The van der Waals surface area contributed by atoms with Crippen LogP contribution in [0.4, 0.5) is 0 Å². The van der Waals surface area contributed by atoms with E-state index in [0.29, 0.717) is 12.2 Å². The first-order valence-electron chi connectivity index (χ1n) is 8.06. The lowest BCUT2D eigenvalue weighted by Gasteiger charge is -2.23. The fourth-order valence-electron chi connectivity index (χ4n) is 3.22. The molecule has 1 saturated heterocycles. The summed E-state index contributed by atoms with van der Waals surface area (Å²) in [6.45, 7) is 0.661. The molecule has 1 aliphatic heterocycles. The highest BCUT2D eigenvalue weighted by Crippen LogP contribution is 2.29. The average molecular weight is 306 g/mol. The first-order chi connectivity index (χ1) is 11.3. The van der Waals surface area contributed by atoms with Crippen molar-refractivity contribution < 1.29 is 14.3 Å². The maximum atomic E-state index is 12.8. The van der Waals surface area contributed by atoms with Gasteiger partial charge in [-0.05, 0) is 40.5 Å². The van der Waals surface area contributed by atoms with Gasteiger partial charge in [0.15, 0.2) is 0 Å². The van der Waals surface area contributed by atoms with Crippen molar-refractivity contribution in [3.63, 3.8) is 0 Å². The molecule has 0 N–H and O–H groups in total. The number of rotatable bonds is 2. The van der Waals surface area contributed by atoms with Crippen LogP contribution in [-0.2, 0) is 9.47 Å². The molecule has 1 fully saturated rings. The summed E-state index contributed by atoms with van der Waals surface area (Å²) in [6, 6.07) is 18.0. The van der Waals surface area contributed by atoms with Crippen LogP contribution in [0, 0.1) is 0 Å². The van der Waals surface area contributed by atoms with Gasteiger partial charge in [-0.25, -0.2) is 4.79 Å². The molecule has 3 heteroatoms. The third-order valence-electron chi connectivity index (χ3n) is 4.35. The molecular weight excluding hydrogens is 288 g/mol. The molecule has 3 nitrogen and oxygen atoms in total. The summed E-state index contributed by atoms with van der Waals surface area (Å²) in [7, 11) is 0. The molecule has 23 heavy (non-hydrogen) atoms. The van der Waals surface area contributed by atoms with Crippen LogP contribution in [0.3, 0.4) is 0 Å². The van der Waals surface area contributed by atoms with Crippen LogP contribution in [0.25, 0.3) is 21.5 Å². The minimum Gasteiger partial charge on any atom is -0.432 e. The highest BCUT2D eigenvalue weighted by molar-refractivity contribution is 6.16. The lowest BCUT2D eigenvalue weighted by molar-refractivity contribution is -0.130. The highest BCUT2D eigenvalue weighted by Gasteiger charge is 2.22. The number of carbonyl (C=O) groups is 1. The van der Waals surface area contributed by atoms with Crippen LogP contribution < -0.4 is 0 Å². The fraction of sp³-hybridized carbons (Fsp3) is 0.250. The van der Waals surface area contributed by atoms with E-state index in [1.807, 2.05) is 48.5 Å². The molecule has 1 unspecified atom stereocenters. The second-order valence-electron chi connectivity index (χ2n) is 5.90. The smallest absolute Gasteiger partial charge is 0.341 e. The summed E-state index contributed by atoms with van der Waals surface area (Å²) >= 11 is 0. The quantitative estimate of drug-likeness (QED) is 0.509. The van der Waals surface area contributed by atoms with E-state index < -0.39 is 6.29 Å². The van der Waals surface area contributed by atoms with Crippen LogP contribution in [0.2, 0.25) is 0 Å². The number of hydrogen-bond acceptors (Lipinski definition) is 3. The molecule has 1 aliphatic rings. The maximum Gasteiger partial charge on any atom is 0.341 e. The standard InChI is InChI=1S/C20H18O3/c21-20(23-18-11-5-6-12-22-18)19-16-9-3-1-7-14(16)13-15-8-2-4-10-17(15)19/h1-4,7-10,13,18H,5-6,11-12H2. The van der Waals surface area contributed by atoms with Crippen molar-refractivity contribution in [1.29, 1.82) is 0 Å². The van der Waals surface area contributed by atoms with Crippen molar-refractivity contribution in [3.8, 4) is 0 Å². The van der Waals surface area contributed by atoms with E-state index in [2.05, 4.69) is 6.07 Å².